The van der Waals surface area contributed by atoms with Crippen LogP contribution >= 0.6 is 0 Å². The summed E-state index contributed by atoms with van der Waals surface area (Å²) in [5, 5.41) is 1.31. The van der Waals surface area contributed by atoms with Crippen molar-refractivity contribution in [2.45, 2.75) is 57.9 Å². The number of imide groups is 1. The number of para-hydroxylation sites is 1. The van der Waals surface area contributed by atoms with Crippen molar-refractivity contribution in [2.24, 2.45) is 47.3 Å². The van der Waals surface area contributed by atoms with Crippen LogP contribution in [0.25, 0.3) is 10.9 Å². The lowest BCUT2D eigenvalue weighted by Crippen LogP contribution is -2.44. The maximum absolute atomic E-state index is 13.8. The topological polar surface area (TPSA) is 79.7 Å². The summed E-state index contributed by atoms with van der Waals surface area (Å²) >= 11 is 0. The Morgan fingerprint density at radius 2 is 1.51 bits per heavy atom. The van der Waals surface area contributed by atoms with Crippen molar-refractivity contribution in [3.8, 4) is 0 Å². The predicted molar refractivity (Wildman–Crippen MR) is 160 cm³/mol. The third-order valence-corrected chi connectivity index (χ3v) is 12.9. The van der Waals surface area contributed by atoms with Gasteiger partial charge in [-0.15, -0.1) is 0 Å². The van der Waals surface area contributed by atoms with E-state index in [0.29, 0.717) is 24.4 Å². The summed E-state index contributed by atoms with van der Waals surface area (Å²) < 4.78 is 26.7. The van der Waals surface area contributed by atoms with Crippen LogP contribution in [-0.4, -0.2) is 72.8 Å². The maximum atomic E-state index is 13.8. The second kappa shape index (κ2) is 10.5. The molecule has 2 aliphatic heterocycles. The number of hydrogen-bond donors (Lipinski definition) is 0. The van der Waals surface area contributed by atoms with Crippen LogP contribution in [0.15, 0.2) is 36.5 Å². The van der Waals surface area contributed by atoms with Crippen LogP contribution in [-0.2, 0) is 19.4 Å². The van der Waals surface area contributed by atoms with Crippen molar-refractivity contribution >= 4 is 32.6 Å². The van der Waals surface area contributed by atoms with Crippen LogP contribution < -0.4 is 0 Å². The van der Waals surface area contributed by atoms with Gasteiger partial charge in [0.2, 0.25) is 11.8 Å². The summed E-state index contributed by atoms with van der Waals surface area (Å²) in [6.07, 6.45) is 11.3. The van der Waals surface area contributed by atoms with Crippen molar-refractivity contribution in [1.29, 1.82) is 0 Å². The molecule has 222 valence electrons. The first-order valence-electron chi connectivity index (χ1n) is 16.0. The highest BCUT2D eigenvalue weighted by Crippen LogP contribution is 2.61. The van der Waals surface area contributed by atoms with E-state index in [0.717, 1.165) is 45.3 Å². The van der Waals surface area contributed by atoms with Gasteiger partial charge in [0.05, 0.1) is 17.6 Å². The lowest BCUT2D eigenvalue weighted by Gasteiger charge is -2.40. The predicted octanol–water partition coefficient (Wildman–Crippen LogP) is 4.63. The van der Waals surface area contributed by atoms with Crippen LogP contribution in [0.5, 0.6) is 0 Å². The van der Waals surface area contributed by atoms with Crippen LogP contribution in [0.2, 0.25) is 0 Å². The van der Waals surface area contributed by atoms with Gasteiger partial charge in [-0.1, -0.05) is 38.0 Å². The minimum Gasteiger partial charge on any atom is -0.344 e. The van der Waals surface area contributed by atoms with Gasteiger partial charge < -0.3 is 9.47 Å². The van der Waals surface area contributed by atoms with E-state index in [1.54, 1.807) is 4.90 Å². The molecule has 2 aromatic rings. The fourth-order valence-electron chi connectivity index (χ4n) is 9.91. The number of likely N-dealkylation sites (tertiary alicyclic amines) is 2. The van der Waals surface area contributed by atoms with Crippen LogP contribution in [0.1, 0.15) is 57.9 Å². The second-order valence-electron chi connectivity index (χ2n) is 14.1. The summed E-state index contributed by atoms with van der Waals surface area (Å²) in [4.78, 5) is 31.7. The quantitative estimate of drug-likeness (QED) is 0.447. The molecular weight excluding hydrogens is 534 g/mol. The fraction of sp³-hybridized carbons (Fsp3) is 0.697. The third-order valence-electron chi connectivity index (χ3n) is 11.9. The first kappa shape index (κ1) is 27.6. The smallest absolute Gasteiger partial charge is 0.233 e. The highest BCUT2D eigenvalue weighted by molar-refractivity contribution is 7.90. The molecule has 1 aromatic carbocycles. The molecule has 7 rings (SSSR count). The fourth-order valence-corrected chi connectivity index (χ4v) is 11.2. The molecule has 3 saturated carbocycles. The number of nitrogens with zero attached hydrogens (tertiary/aromatic N) is 3. The molecule has 5 aliphatic rings. The molecule has 41 heavy (non-hydrogen) atoms. The van der Waals surface area contributed by atoms with E-state index in [2.05, 4.69) is 52.9 Å². The molecule has 8 atom stereocenters. The minimum absolute atomic E-state index is 0.00184. The number of sulfone groups is 1. The van der Waals surface area contributed by atoms with Gasteiger partial charge in [-0.25, -0.2) is 8.42 Å². The molecular formula is C33H45N3O4S. The van der Waals surface area contributed by atoms with Gasteiger partial charge in [0.1, 0.15) is 9.84 Å². The molecule has 6 unspecified atom stereocenters. The van der Waals surface area contributed by atoms with Crippen molar-refractivity contribution < 1.29 is 18.0 Å². The summed E-state index contributed by atoms with van der Waals surface area (Å²) in [6, 6.07) is 11.4. The lowest BCUT2D eigenvalue weighted by molar-refractivity contribution is -0.142. The Morgan fingerprint density at radius 3 is 2.22 bits per heavy atom. The molecule has 7 nitrogen and oxygen atoms in total. The van der Waals surface area contributed by atoms with Gasteiger partial charge in [0, 0.05) is 50.2 Å². The number of benzene rings is 1. The minimum atomic E-state index is -3.12. The van der Waals surface area contributed by atoms with Gasteiger partial charge in [-0.2, -0.15) is 0 Å². The molecule has 3 heterocycles. The number of rotatable bonds is 7. The van der Waals surface area contributed by atoms with E-state index >= 15 is 0 Å². The number of piperidine rings is 1. The summed E-state index contributed by atoms with van der Waals surface area (Å²) in [5.41, 5.74) is 1.33. The highest BCUT2D eigenvalue weighted by Gasteiger charge is 2.66. The van der Waals surface area contributed by atoms with Crippen molar-refractivity contribution in [3.05, 3.63) is 36.5 Å². The summed E-state index contributed by atoms with van der Waals surface area (Å²) in [6.45, 7) is 5.91. The van der Waals surface area contributed by atoms with E-state index in [9.17, 15) is 18.0 Å². The van der Waals surface area contributed by atoms with Crippen molar-refractivity contribution in [3.63, 3.8) is 0 Å². The molecule has 2 saturated heterocycles. The van der Waals surface area contributed by atoms with E-state index in [4.69, 9.17) is 0 Å². The first-order chi connectivity index (χ1) is 19.7. The Hall–Kier alpha value is -2.19. The molecule has 3 aliphatic carbocycles. The van der Waals surface area contributed by atoms with Gasteiger partial charge in [-0.05, 0) is 85.1 Å². The summed E-state index contributed by atoms with van der Waals surface area (Å²) in [7, 11) is -3.12. The number of carbonyl (C=O) groups excluding carboxylic acids is 2. The maximum Gasteiger partial charge on any atom is 0.233 e. The van der Waals surface area contributed by atoms with E-state index < -0.39 is 9.84 Å². The van der Waals surface area contributed by atoms with E-state index in [-0.39, 0.29) is 53.1 Å². The average Bonchev–Trinajstić information content (AvgIpc) is 3.69. The number of amides is 2. The molecule has 2 bridgehead atoms. The van der Waals surface area contributed by atoms with Crippen LogP contribution in [0, 0.1) is 47.3 Å². The second-order valence-corrected chi connectivity index (χ2v) is 16.3. The van der Waals surface area contributed by atoms with Crippen molar-refractivity contribution in [1.82, 2.24) is 14.4 Å². The molecule has 0 radical (unpaired) electrons. The molecule has 1 aromatic heterocycles. The van der Waals surface area contributed by atoms with Gasteiger partial charge in [-0.3, -0.25) is 14.5 Å². The molecule has 2 amide bonds. The van der Waals surface area contributed by atoms with E-state index in [1.807, 2.05) is 0 Å². The average molecular weight is 580 g/mol. The van der Waals surface area contributed by atoms with Crippen molar-refractivity contribution in [2.75, 3.05) is 38.2 Å². The lowest BCUT2D eigenvalue weighted by atomic mass is 9.70. The number of carbonyl (C=O) groups is 2. The first-order valence-corrected chi connectivity index (χ1v) is 18.1. The number of fused-ring (bicyclic) bond motifs is 6. The van der Waals surface area contributed by atoms with Gasteiger partial charge >= 0.3 is 0 Å². The van der Waals surface area contributed by atoms with Gasteiger partial charge in [0.25, 0.3) is 0 Å². The summed E-state index contributed by atoms with van der Waals surface area (Å²) in [5.74, 6) is 0.933. The highest BCUT2D eigenvalue weighted by atomic mass is 32.2. The number of hydrogen-bond acceptors (Lipinski definition) is 5. The standard InChI is InChI=1S/C33H45N3O4S/c1-21-26-17-27(28(21)20-41(2,39)40)31-30(26)32(37)36(33(31)38)19-24-9-4-3-8-23(24)18-34-14-12-25(13-15-34)35-16-11-22-7-5-6-10-29(22)35/h5-7,10-11,16,21,23-28,30-31H,3-4,8-9,12-15,17-20H2,1-2H3/t21?,23-,24-,26?,27?,28?,30?,31?/m0/s1. The monoisotopic (exact) mass is 579 g/mol. The van der Waals surface area contributed by atoms with Gasteiger partial charge in [0.15, 0.2) is 0 Å². The Bertz CT molecular complexity index is 1430. The molecule has 5 fully saturated rings. The van der Waals surface area contributed by atoms with Crippen LogP contribution in [0.3, 0.4) is 0 Å². The third kappa shape index (κ3) is 4.87. The van der Waals surface area contributed by atoms with E-state index in [1.165, 1.54) is 36.4 Å². The SMILES string of the molecule is CC1C(CS(C)(=O)=O)C2CC1C1C(=O)N(C[C@@H]3CCCC[C@H]3CN3CCC(n4ccc5ccccc54)CC3)C(=O)C21. The Balaban J connectivity index is 0.993. The molecule has 0 spiro atoms. The Morgan fingerprint density at radius 1 is 0.854 bits per heavy atom. The number of aromatic nitrogens is 1. The van der Waals surface area contributed by atoms with Crippen LogP contribution in [0.4, 0.5) is 0 Å². The molecule has 0 N–H and O–H groups in total. The zero-order valence-electron chi connectivity index (χ0n) is 24.5. The largest absolute Gasteiger partial charge is 0.344 e. The molecule has 8 heteroatoms. The Kier molecular flexibility index (Phi) is 7.08. The zero-order chi connectivity index (χ0) is 28.5. The normalized spacial score (nSPS) is 36.5. The zero-order valence-corrected chi connectivity index (χ0v) is 25.3. The Labute approximate surface area is 244 Å².